The second-order valence-electron chi connectivity index (χ2n) is 6.09. The van der Waals surface area contributed by atoms with Crippen molar-refractivity contribution in [3.8, 4) is 11.8 Å². The Balaban J connectivity index is 2.01. The van der Waals surface area contributed by atoms with Crippen molar-refractivity contribution in [3.05, 3.63) is 0 Å². The minimum atomic E-state index is -0.379. The first-order valence-corrected chi connectivity index (χ1v) is 7.75. The van der Waals surface area contributed by atoms with Crippen molar-refractivity contribution in [3.63, 3.8) is 0 Å². The van der Waals surface area contributed by atoms with Gasteiger partial charge in [0.25, 0.3) is 5.91 Å². The molecule has 21 heavy (non-hydrogen) atoms. The van der Waals surface area contributed by atoms with Crippen molar-refractivity contribution in [1.82, 2.24) is 10.2 Å². The Hall–Kier alpha value is -1.54. The lowest BCUT2D eigenvalue weighted by Gasteiger charge is -2.34. The summed E-state index contributed by atoms with van der Waals surface area (Å²) in [6.07, 6.45) is 2.45. The predicted octanol–water partition coefficient (Wildman–Crippen LogP) is 0.790. The molecule has 0 saturated carbocycles. The van der Waals surface area contributed by atoms with Crippen molar-refractivity contribution in [2.24, 2.45) is 11.8 Å². The van der Waals surface area contributed by atoms with Gasteiger partial charge in [0.15, 0.2) is 0 Å². The van der Waals surface area contributed by atoms with Gasteiger partial charge in [-0.25, -0.2) is 0 Å². The first-order chi connectivity index (χ1) is 10.1. The third-order valence-electron chi connectivity index (χ3n) is 3.89. The van der Waals surface area contributed by atoms with Crippen LogP contribution < -0.4 is 5.32 Å². The van der Waals surface area contributed by atoms with E-state index in [-0.39, 0.29) is 23.8 Å². The van der Waals surface area contributed by atoms with Gasteiger partial charge in [-0.1, -0.05) is 19.8 Å². The van der Waals surface area contributed by atoms with E-state index in [4.69, 9.17) is 4.74 Å². The van der Waals surface area contributed by atoms with Crippen molar-refractivity contribution >= 4 is 11.8 Å². The van der Waals surface area contributed by atoms with Gasteiger partial charge in [0.2, 0.25) is 5.91 Å². The Kier molecular flexibility index (Phi) is 5.63. The van der Waals surface area contributed by atoms with E-state index >= 15 is 0 Å². The highest BCUT2D eigenvalue weighted by atomic mass is 16.5. The van der Waals surface area contributed by atoms with E-state index in [1.165, 1.54) is 0 Å². The van der Waals surface area contributed by atoms with Crippen molar-refractivity contribution in [1.29, 1.82) is 0 Å². The lowest BCUT2D eigenvalue weighted by molar-refractivity contribution is -0.140. The molecule has 1 N–H and O–H groups in total. The number of nitrogens with zero attached hydrogens (tertiary/aromatic N) is 1. The first-order valence-electron chi connectivity index (χ1n) is 7.75. The van der Waals surface area contributed by atoms with Crippen LogP contribution in [0.25, 0.3) is 0 Å². The summed E-state index contributed by atoms with van der Waals surface area (Å²) in [5, 5.41) is 2.83. The van der Waals surface area contributed by atoms with Gasteiger partial charge in [-0.15, -0.1) is 0 Å². The Morgan fingerprint density at radius 2 is 2.14 bits per heavy atom. The molecule has 0 unspecified atom stereocenters. The van der Waals surface area contributed by atoms with Crippen LogP contribution in [0.15, 0.2) is 0 Å². The molecular weight excluding hydrogens is 268 g/mol. The molecule has 0 aliphatic carbocycles. The van der Waals surface area contributed by atoms with E-state index in [9.17, 15) is 9.59 Å². The molecule has 2 fully saturated rings. The monoisotopic (exact) mass is 292 g/mol. The smallest absolute Gasteiger partial charge is 0.299 e. The summed E-state index contributed by atoms with van der Waals surface area (Å²) in [5.74, 6) is 6.12. The molecule has 2 amide bonds. The summed E-state index contributed by atoms with van der Waals surface area (Å²) >= 11 is 0. The molecule has 1 atom stereocenters. The largest absolute Gasteiger partial charge is 0.381 e. The molecule has 2 rings (SSSR count). The summed E-state index contributed by atoms with van der Waals surface area (Å²) in [6, 6.07) is -0.379. The fraction of sp³-hybridized carbons (Fsp3) is 0.750. The zero-order valence-electron chi connectivity index (χ0n) is 12.9. The first kappa shape index (κ1) is 15.8. The van der Waals surface area contributed by atoms with Gasteiger partial charge in [-0.2, -0.15) is 0 Å². The summed E-state index contributed by atoms with van der Waals surface area (Å²) in [6.45, 7) is 6.60. The Labute approximate surface area is 126 Å². The van der Waals surface area contributed by atoms with E-state index < -0.39 is 0 Å². The number of hydrogen-bond donors (Lipinski definition) is 1. The van der Waals surface area contributed by atoms with E-state index in [1.807, 2.05) is 0 Å². The van der Waals surface area contributed by atoms with Crippen molar-refractivity contribution in [2.45, 2.75) is 39.2 Å². The summed E-state index contributed by atoms with van der Waals surface area (Å²) in [5.41, 5.74) is 0. The third kappa shape index (κ3) is 4.47. The maximum Gasteiger partial charge on any atom is 0.299 e. The highest BCUT2D eigenvalue weighted by molar-refractivity contribution is 5.97. The van der Waals surface area contributed by atoms with E-state index in [1.54, 1.807) is 4.90 Å². The molecule has 0 aromatic carbocycles. The van der Waals surface area contributed by atoms with Crippen LogP contribution in [0.5, 0.6) is 0 Å². The Bertz CT molecular complexity index is 444. The van der Waals surface area contributed by atoms with Gasteiger partial charge in [0.05, 0.1) is 0 Å². The molecule has 0 aromatic heterocycles. The molecule has 5 heteroatoms. The van der Waals surface area contributed by atoms with Gasteiger partial charge in [-0.3, -0.25) is 9.59 Å². The maximum atomic E-state index is 12.3. The molecular formula is C16H24N2O3. The van der Waals surface area contributed by atoms with E-state index in [2.05, 4.69) is 31.0 Å². The Morgan fingerprint density at radius 3 is 2.81 bits per heavy atom. The lowest BCUT2D eigenvalue weighted by Crippen LogP contribution is -2.57. The number of carbonyl (C=O) groups excluding carboxylic acids is 2. The van der Waals surface area contributed by atoms with Gasteiger partial charge in [0, 0.05) is 32.2 Å². The third-order valence-corrected chi connectivity index (χ3v) is 3.89. The van der Waals surface area contributed by atoms with Crippen molar-refractivity contribution in [2.75, 3.05) is 26.3 Å². The van der Waals surface area contributed by atoms with Crippen LogP contribution >= 0.6 is 0 Å². The fourth-order valence-electron chi connectivity index (χ4n) is 2.72. The average molecular weight is 292 g/mol. The number of nitrogens with one attached hydrogen (secondary N) is 1. The van der Waals surface area contributed by atoms with Crippen LogP contribution in [0.2, 0.25) is 0 Å². The highest BCUT2D eigenvalue weighted by Crippen LogP contribution is 2.16. The molecule has 2 aliphatic rings. The molecule has 5 nitrogen and oxygen atoms in total. The quantitative estimate of drug-likeness (QED) is 0.766. The van der Waals surface area contributed by atoms with E-state index in [0.29, 0.717) is 25.4 Å². The van der Waals surface area contributed by atoms with Crippen LogP contribution in [-0.2, 0) is 14.3 Å². The van der Waals surface area contributed by atoms with Crippen LogP contribution in [0, 0.1) is 23.7 Å². The molecule has 2 saturated heterocycles. The van der Waals surface area contributed by atoms with Crippen LogP contribution in [-0.4, -0.2) is 49.1 Å². The summed E-state index contributed by atoms with van der Waals surface area (Å²) in [7, 11) is 0. The number of hydrogen-bond acceptors (Lipinski definition) is 3. The minimum Gasteiger partial charge on any atom is -0.381 e. The number of amides is 2. The minimum absolute atomic E-state index is 0.0591. The molecule has 2 aliphatic heterocycles. The van der Waals surface area contributed by atoms with Gasteiger partial charge < -0.3 is 15.0 Å². The average Bonchev–Trinajstić information content (AvgIpc) is 2.47. The van der Waals surface area contributed by atoms with Gasteiger partial charge in [-0.05, 0) is 31.1 Å². The van der Waals surface area contributed by atoms with E-state index in [0.717, 1.165) is 26.1 Å². The molecule has 2 heterocycles. The zero-order chi connectivity index (χ0) is 15.2. The molecule has 116 valence electrons. The summed E-state index contributed by atoms with van der Waals surface area (Å²) < 4.78 is 5.28. The number of piperazine rings is 1. The zero-order valence-corrected chi connectivity index (χ0v) is 12.9. The molecule has 0 spiro atoms. The Morgan fingerprint density at radius 1 is 1.43 bits per heavy atom. The number of rotatable bonds is 2. The molecule has 0 bridgehead atoms. The van der Waals surface area contributed by atoms with Gasteiger partial charge in [0.1, 0.15) is 6.04 Å². The maximum absolute atomic E-state index is 12.3. The molecule has 0 aromatic rings. The van der Waals surface area contributed by atoms with Crippen LogP contribution in [0.3, 0.4) is 0 Å². The fourth-order valence-corrected chi connectivity index (χ4v) is 2.72. The topological polar surface area (TPSA) is 58.6 Å². The van der Waals surface area contributed by atoms with Gasteiger partial charge >= 0.3 is 0 Å². The standard InChI is InChI=1S/C16H24N2O3/c1-12(2)11-14-16(20)17-7-8-18(14)15(19)4-3-13-5-9-21-10-6-13/h12-14H,5-11H2,1-2H3,(H,17,20)/t14-/m1/s1. The second-order valence-corrected chi connectivity index (χ2v) is 6.09. The number of carbonyl (C=O) groups is 2. The SMILES string of the molecule is CC(C)C[C@@H]1C(=O)NCCN1C(=O)C#CC1CCOCC1. The second kappa shape index (κ2) is 7.46. The summed E-state index contributed by atoms with van der Waals surface area (Å²) in [4.78, 5) is 25.9. The number of ether oxygens (including phenoxy) is 1. The highest BCUT2D eigenvalue weighted by Gasteiger charge is 2.32. The molecule has 0 radical (unpaired) electrons. The van der Waals surface area contributed by atoms with Crippen molar-refractivity contribution < 1.29 is 14.3 Å². The normalized spacial score (nSPS) is 23.5. The predicted molar refractivity (Wildman–Crippen MR) is 79.3 cm³/mol. The lowest BCUT2D eigenvalue weighted by atomic mass is 9.99. The van der Waals surface area contributed by atoms with Crippen LogP contribution in [0.4, 0.5) is 0 Å². The van der Waals surface area contributed by atoms with Crippen LogP contribution in [0.1, 0.15) is 33.1 Å².